The average molecular weight is 297 g/mol. The van der Waals surface area contributed by atoms with Gasteiger partial charge in [0.2, 0.25) is 0 Å². The fourth-order valence-electron chi connectivity index (χ4n) is 4.73. The summed E-state index contributed by atoms with van der Waals surface area (Å²) in [5.41, 5.74) is 3.92. The van der Waals surface area contributed by atoms with Crippen molar-refractivity contribution in [2.45, 2.75) is 25.3 Å². The zero-order valence-electron chi connectivity index (χ0n) is 13.0. The third-order valence-corrected chi connectivity index (χ3v) is 5.83. The molecule has 3 nitrogen and oxygen atoms in total. The number of benzene rings is 1. The SMILES string of the molecule is C=C[C@H]1C[NH+]2CC[C@@H]1C[C@H]2c1[nH]c2ccccc2c1CCO. The van der Waals surface area contributed by atoms with Gasteiger partial charge < -0.3 is 15.0 Å². The zero-order chi connectivity index (χ0) is 15.1. The van der Waals surface area contributed by atoms with E-state index in [4.69, 9.17) is 0 Å². The van der Waals surface area contributed by atoms with Crippen molar-refractivity contribution in [2.75, 3.05) is 19.7 Å². The number of aliphatic hydroxyl groups is 1. The van der Waals surface area contributed by atoms with E-state index in [1.54, 1.807) is 4.90 Å². The van der Waals surface area contributed by atoms with Gasteiger partial charge in [0, 0.05) is 36.3 Å². The van der Waals surface area contributed by atoms with Crippen molar-refractivity contribution >= 4 is 10.9 Å². The molecule has 3 heteroatoms. The lowest BCUT2D eigenvalue weighted by Gasteiger charge is -2.46. The quantitative estimate of drug-likeness (QED) is 0.741. The second kappa shape index (κ2) is 5.56. The monoisotopic (exact) mass is 297 g/mol. The summed E-state index contributed by atoms with van der Waals surface area (Å²) in [4.78, 5) is 5.37. The normalized spacial score (nSPS) is 30.8. The Hall–Kier alpha value is -1.58. The molecular weight excluding hydrogens is 272 g/mol. The average Bonchev–Trinajstić information content (AvgIpc) is 2.94. The van der Waals surface area contributed by atoms with Crippen LogP contribution in [0.1, 0.15) is 30.1 Å². The second-order valence-corrected chi connectivity index (χ2v) is 6.89. The number of hydrogen-bond donors (Lipinski definition) is 3. The van der Waals surface area contributed by atoms with Crippen molar-refractivity contribution in [1.29, 1.82) is 0 Å². The minimum absolute atomic E-state index is 0.218. The van der Waals surface area contributed by atoms with Crippen LogP contribution < -0.4 is 4.90 Å². The fraction of sp³-hybridized carbons (Fsp3) is 0.474. The molecule has 0 saturated carbocycles. The molecule has 3 aliphatic rings. The highest BCUT2D eigenvalue weighted by atomic mass is 16.2. The van der Waals surface area contributed by atoms with Crippen molar-refractivity contribution in [3.8, 4) is 0 Å². The Kier molecular flexibility index (Phi) is 3.55. The number of aliphatic hydroxyl groups excluding tert-OH is 1. The van der Waals surface area contributed by atoms with Gasteiger partial charge in [-0.05, 0) is 24.0 Å². The van der Waals surface area contributed by atoms with Gasteiger partial charge in [-0.2, -0.15) is 0 Å². The van der Waals surface area contributed by atoms with E-state index in [1.807, 2.05) is 0 Å². The molecule has 2 aromatic rings. The lowest BCUT2D eigenvalue weighted by Crippen LogP contribution is -3.16. The van der Waals surface area contributed by atoms with Crippen LogP contribution in [0.25, 0.3) is 10.9 Å². The summed E-state index contributed by atoms with van der Waals surface area (Å²) in [6.45, 7) is 6.73. The molecule has 22 heavy (non-hydrogen) atoms. The Bertz CT molecular complexity index is 690. The molecule has 3 fully saturated rings. The molecule has 2 bridgehead atoms. The Balaban J connectivity index is 1.75. The first-order valence-corrected chi connectivity index (χ1v) is 8.49. The number of para-hydroxylation sites is 1. The summed E-state index contributed by atoms with van der Waals surface area (Å²) in [5.74, 6) is 1.47. The van der Waals surface area contributed by atoms with Crippen molar-refractivity contribution < 1.29 is 10.0 Å². The summed E-state index contributed by atoms with van der Waals surface area (Å²) < 4.78 is 0. The molecule has 3 aliphatic heterocycles. The first-order valence-electron chi connectivity index (χ1n) is 8.49. The van der Waals surface area contributed by atoms with Crippen molar-refractivity contribution in [1.82, 2.24) is 4.98 Å². The molecule has 0 amide bonds. The van der Waals surface area contributed by atoms with Gasteiger partial charge in [-0.25, -0.2) is 0 Å². The van der Waals surface area contributed by atoms with E-state index < -0.39 is 0 Å². The molecule has 4 atom stereocenters. The maximum absolute atomic E-state index is 9.50. The van der Waals surface area contributed by atoms with E-state index in [-0.39, 0.29) is 6.61 Å². The van der Waals surface area contributed by atoms with E-state index in [0.717, 1.165) is 12.3 Å². The van der Waals surface area contributed by atoms with E-state index in [2.05, 4.69) is 41.9 Å². The Morgan fingerprint density at radius 1 is 1.36 bits per heavy atom. The van der Waals surface area contributed by atoms with Gasteiger partial charge in [0.15, 0.2) is 0 Å². The molecule has 5 rings (SSSR count). The largest absolute Gasteiger partial charge is 0.396 e. The number of hydrogen-bond acceptors (Lipinski definition) is 1. The van der Waals surface area contributed by atoms with Gasteiger partial charge in [0.1, 0.15) is 6.04 Å². The predicted octanol–water partition coefficient (Wildman–Crippen LogP) is 1.85. The summed E-state index contributed by atoms with van der Waals surface area (Å²) in [6.07, 6.45) is 5.49. The standard InChI is InChI=1S/C19H24N2O/c1-2-13-12-21-9-7-14(13)11-18(21)19-16(8-10-22)15-5-3-4-6-17(15)20-19/h2-6,13-14,18,20,22H,1,7-12H2/p+1/t13-,14+,18-/m0/s1. The number of piperidine rings is 3. The van der Waals surface area contributed by atoms with Gasteiger partial charge in [0.05, 0.1) is 18.8 Å². The van der Waals surface area contributed by atoms with Crippen molar-refractivity contribution in [3.05, 3.63) is 48.2 Å². The number of rotatable bonds is 4. The summed E-state index contributed by atoms with van der Waals surface area (Å²) >= 11 is 0. The van der Waals surface area contributed by atoms with Gasteiger partial charge in [-0.15, -0.1) is 6.58 Å². The number of H-pyrrole nitrogens is 1. The molecule has 1 unspecified atom stereocenters. The van der Waals surface area contributed by atoms with Crippen LogP contribution in [0.4, 0.5) is 0 Å². The minimum Gasteiger partial charge on any atom is -0.396 e. The summed E-state index contributed by atoms with van der Waals surface area (Å²) in [5, 5.41) is 10.8. The van der Waals surface area contributed by atoms with E-state index in [9.17, 15) is 5.11 Å². The topological polar surface area (TPSA) is 40.5 Å². The first kappa shape index (κ1) is 14.0. The van der Waals surface area contributed by atoms with Crippen LogP contribution in [-0.4, -0.2) is 29.8 Å². The molecule has 0 radical (unpaired) electrons. The maximum Gasteiger partial charge on any atom is 0.129 e. The molecule has 0 spiro atoms. The molecule has 1 aromatic heterocycles. The van der Waals surface area contributed by atoms with Gasteiger partial charge >= 0.3 is 0 Å². The van der Waals surface area contributed by atoms with Crippen LogP contribution in [0.15, 0.2) is 36.9 Å². The third kappa shape index (κ3) is 2.11. The highest BCUT2D eigenvalue weighted by Crippen LogP contribution is 2.36. The summed E-state index contributed by atoms with van der Waals surface area (Å²) in [7, 11) is 0. The number of nitrogens with one attached hydrogen (secondary N) is 2. The lowest BCUT2D eigenvalue weighted by molar-refractivity contribution is -0.952. The smallest absolute Gasteiger partial charge is 0.129 e. The molecule has 1 aromatic carbocycles. The van der Waals surface area contributed by atoms with Gasteiger partial charge in [-0.1, -0.05) is 24.3 Å². The molecule has 116 valence electrons. The van der Waals surface area contributed by atoms with Crippen molar-refractivity contribution in [2.24, 2.45) is 11.8 Å². The highest BCUT2D eigenvalue weighted by molar-refractivity contribution is 5.84. The Morgan fingerprint density at radius 3 is 2.95 bits per heavy atom. The third-order valence-electron chi connectivity index (χ3n) is 5.83. The number of aromatic amines is 1. The highest BCUT2D eigenvalue weighted by Gasteiger charge is 2.44. The molecule has 4 heterocycles. The Labute approximate surface area is 131 Å². The molecule has 0 aliphatic carbocycles. The van der Waals surface area contributed by atoms with E-state index in [1.165, 1.54) is 48.1 Å². The van der Waals surface area contributed by atoms with Gasteiger partial charge in [-0.3, -0.25) is 0 Å². The summed E-state index contributed by atoms with van der Waals surface area (Å²) in [6, 6.07) is 9.06. The van der Waals surface area contributed by atoms with Crippen LogP contribution in [0.2, 0.25) is 0 Å². The van der Waals surface area contributed by atoms with Crippen LogP contribution in [0.3, 0.4) is 0 Å². The van der Waals surface area contributed by atoms with Crippen LogP contribution in [-0.2, 0) is 6.42 Å². The van der Waals surface area contributed by atoms with E-state index in [0.29, 0.717) is 12.0 Å². The minimum atomic E-state index is 0.218. The van der Waals surface area contributed by atoms with Crippen LogP contribution in [0, 0.1) is 11.8 Å². The lowest BCUT2D eigenvalue weighted by atomic mass is 9.74. The number of fused-ring (bicyclic) bond motifs is 4. The van der Waals surface area contributed by atoms with Gasteiger partial charge in [0.25, 0.3) is 0 Å². The van der Waals surface area contributed by atoms with E-state index >= 15 is 0 Å². The first-order chi connectivity index (χ1) is 10.8. The zero-order valence-corrected chi connectivity index (χ0v) is 13.0. The second-order valence-electron chi connectivity index (χ2n) is 6.89. The number of aromatic nitrogens is 1. The van der Waals surface area contributed by atoms with Crippen molar-refractivity contribution in [3.63, 3.8) is 0 Å². The predicted molar refractivity (Wildman–Crippen MR) is 88.9 cm³/mol. The molecular formula is C19H25N2O+. The fourth-order valence-corrected chi connectivity index (χ4v) is 4.73. The van der Waals surface area contributed by atoms with Crippen LogP contribution >= 0.6 is 0 Å². The van der Waals surface area contributed by atoms with Crippen LogP contribution in [0.5, 0.6) is 0 Å². The molecule has 3 saturated heterocycles. The molecule has 3 N–H and O–H groups in total. The maximum atomic E-state index is 9.50. The number of quaternary nitrogens is 1. The Morgan fingerprint density at radius 2 is 2.23 bits per heavy atom.